The van der Waals surface area contributed by atoms with E-state index in [9.17, 15) is 18.6 Å². The van der Waals surface area contributed by atoms with Crippen LogP contribution in [-0.2, 0) is 28.7 Å². The smallest absolute Gasteiger partial charge is 0.409 e. The minimum atomic E-state index is -1.87. The number of hydrogen-bond donors (Lipinski definition) is 0. The van der Waals surface area contributed by atoms with Gasteiger partial charge in [0.2, 0.25) is 5.91 Å². The van der Waals surface area contributed by atoms with Gasteiger partial charge in [-0.25, -0.2) is 13.9 Å². The lowest BCUT2D eigenvalue weighted by Crippen LogP contribution is -2.27. The summed E-state index contributed by atoms with van der Waals surface area (Å²) in [6.45, 7) is 43.4. The minimum Gasteiger partial charge on any atom is -0.453 e. The Hall–Kier alpha value is -2.09. The van der Waals surface area contributed by atoms with E-state index < -0.39 is 9.71 Å². The van der Waals surface area contributed by atoms with Gasteiger partial charge in [-0.15, -0.1) is 0 Å². The van der Waals surface area contributed by atoms with Crippen LogP contribution in [0.5, 0.6) is 0 Å². The number of hydrogen-bond acceptors (Lipinski definition) is 8. The lowest BCUT2D eigenvalue weighted by Gasteiger charge is -2.15. The first kappa shape index (κ1) is 83.9. The van der Waals surface area contributed by atoms with Crippen LogP contribution in [0.25, 0.3) is 0 Å². The highest BCUT2D eigenvalue weighted by Crippen LogP contribution is 2.15. The molecule has 440 valence electrons. The third-order valence-corrected chi connectivity index (χ3v) is 11.1. The van der Waals surface area contributed by atoms with Gasteiger partial charge in [0.15, 0.2) is 0 Å². The second kappa shape index (κ2) is 71.0. The Bertz CT molecular complexity index is 1040. The molecule has 1 atom stereocenters. The molecule has 72 heavy (non-hydrogen) atoms. The molecule has 7 rings (SSSR count). The Morgan fingerprint density at radius 1 is 0.417 bits per heavy atom. The van der Waals surface area contributed by atoms with Crippen molar-refractivity contribution in [2.24, 2.45) is 0 Å². The number of carbonyl (C=O) groups excluding carboxylic acids is 3. The highest BCUT2D eigenvalue weighted by Gasteiger charge is 2.18. The Morgan fingerprint density at radius 2 is 0.639 bits per heavy atom. The molecule has 6 heterocycles. The molecule has 6 aliphatic heterocycles. The normalized spacial score (nSPS) is 17.4. The number of amides is 3. The number of carbonyl (C=O) groups is 3. The lowest BCUT2D eigenvalue weighted by molar-refractivity contribution is -0.127. The van der Waals surface area contributed by atoms with Crippen LogP contribution in [0.4, 0.5) is 9.59 Å². The summed E-state index contributed by atoms with van der Waals surface area (Å²) in [5.74, 6) is 3.83. The summed E-state index contributed by atoms with van der Waals surface area (Å²) in [7, 11) is 3.14. The van der Waals surface area contributed by atoms with Crippen molar-refractivity contribution in [2.45, 2.75) is 258 Å². The summed E-state index contributed by atoms with van der Waals surface area (Å²) in [4.78, 5) is 39.7. The molecule has 0 aromatic heterocycles. The molecule has 7 fully saturated rings. The fourth-order valence-electron chi connectivity index (χ4n) is 6.43. The summed E-state index contributed by atoms with van der Waals surface area (Å²) >= 11 is 0. The van der Waals surface area contributed by atoms with Crippen molar-refractivity contribution in [1.82, 2.24) is 23.9 Å². The summed E-state index contributed by atoms with van der Waals surface area (Å²) in [5, 5.41) is 0. The molecule has 0 spiro atoms. The second-order valence-corrected chi connectivity index (χ2v) is 21.6. The molecular formula is C59H131N5O7S. The van der Waals surface area contributed by atoms with Gasteiger partial charge in [-0.05, 0) is 103 Å². The zero-order chi connectivity index (χ0) is 56.7. The predicted octanol–water partition coefficient (Wildman–Crippen LogP) is 16.0. The number of rotatable bonds is 1. The van der Waals surface area contributed by atoms with Crippen molar-refractivity contribution < 1.29 is 32.8 Å². The molecule has 12 nitrogen and oxygen atoms in total. The topological polar surface area (TPSA) is 112 Å². The number of nitrogens with zero attached hydrogens (tertiary/aromatic N) is 5. The van der Waals surface area contributed by atoms with Crippen LogP contribution in [0.1, 0.15) is 258 Å². The van der Waals surface area contributed by atoms with Crippen molar-refractivity contribution >= 4 is 33.7 Å². The van der Waals surface area contributed by atoms with E-state index in [0.717, 1.165) is 91.3 Å². The van der Waals surface area contributed by atoms with E-state index in [2.05, 4.69) is 124 Å². The van der Waals surface area contributed by atoms with E-state index in [1.807, 2.05) is 9.21 Å². The van der Waals surface area contributed by atoms with Crippen LogP contribution in [0.15, 0.2) is 0 Å². The molecule has 0 aromatic carbocycles. The standard InChI is InChI=1S/2C6H11NO2.C6H13NOS.C6H11NO.C5H11N.C5H10.C4H8O.7C3H8/c2*1-9-6(8)7-4-2-3-5-7;1-9(2,8)7-5-3-4-6-7;1-6(8)7-4-2-3-5-7;1-6-4-2-3-5-6;2*1-2-4-5-3-1;7*1-3-2/h2*2-5H2,1H3;1,3-6H2,2H3;2-5H2,1H3;2-5H2,1H3;1-5H2;1-4H2;7*3H2,1-2H3. The van der Waals surface area contributed by atoms with E-state index in [1.54, 1.807) is 23.0 Å². The Labute approximate surface area is 452 Å². The summed E-state index contributed by atoms with van der Waals surface area (Å²) in [5.41, 5.74) is 0. The van der Waals surface area contributed by atoms with Crippen molar-refractivity contribution in [3.8, 4) is 0 Å². The molecule has 0 aromatic rings. The summed E-state index contributed by atoms with van der Waals surface area (Å²) in [6, 6.07) is 0. The van der Waals surface area contributed by atoms with Gasteiger partial charge >= 0.3 is 12.2 Å². The van der Waals surface area contributed by atoms with Crippen LogP contribution in [-0.4, -0.2) is 158 Å². The number of methoxy groups -OCH3 is 2. The third-order valence-electron chi connectivity index (χ3n) is 9.65. The average molecular weight is 1050 g/mol. The first-order chi connectivity index (χ1) is 34.4. The second-order valence-electron chi connectivity index (χ2n) is 19.2. The van der Waals surface area contributed by atoms with Crippen molar-refractivity contribution in [3.63, 3.8) is 0 Å². The Morgan fingerprint density at radius 3 is 0.778 bits per heavy atom. The van der Waals surface area contributed by atoms with Gasteiger partial charge in [0.05, 0.1) is 14.2 Å². The van der Waals surface area contributed by atoms with E-state index in [1.165, 1.54) is 156 Å². The first-order valence-corrected chi connectivity index (χ1v) is 31.7. The van der Waals surface area contributed by atoms with Crippen molar-refractivity contribution in [1.29, 1.82) is 0 Å². The quantitative estimate of drug-likeness (QED) is 0.239. The summed E-state index contributed by atoms with van der Waals surface area (Å²) in [6.07, 6.45) is 32.2. The maximum Gasteiger partial charge on any atom is 0.409 e. The molecule has 0 radical (unpaired) electrons. The van der Waals surface area contributed by atoms with E-state index in [0.29, 0.717) is 0 Å². The molecule has 7 aliphatic rings. The van der Waals surface area contributed by atoms with Crippen LogP contribution in [0.3, 0.4) is 0 Å². The van der Waals surface area contributed by atoms with Crippen molar-refractivity contribution in [2.75, 3.05) is 106 Å². The number of ether oxygens (including phenoxy) is 3. The third kappa shape index (κ3) is 72.2. The largest absolute Gasteiger partial charge is 0.453 e. The van der Waals surface area contributed by atoms with Crippen LogP contribution < -0.4 is 0 Å². The maximum absolute atomic E-state index is 11.2. The maximum atomic E-state index is 11.2. The van der Waals surface area contributed by atoms with E-state index in [-0.39, 0.29) is 18.1 Å². The molecule has 13 heteroatoms. The first-order valence-electron chi connectivity index (χ1n) is 29.6. The molecule has 0 N–H and O–H groups in total. The molecule has 1 aliphatic carbocycles. The summed E-state index contributed by atoms with van der Waals surface area (Å²) < 4.78 is 27.2. The van der Waals surface area contributed by atoms with Gasteiger partial charge in [-0.1, -0.05) is 174 Å². The van der Waals surface area contributed by atoms with Gasteiger partial charge in [0.25, 0.3) is 0 Å². The highest BCUT2D eigenvalue weighted by atomic mass is 32.2. The zero-order valence-electron chi connectivity index (χ0n) is 52.2. The van der Waals surface area contributed by atoms with Gasteiger partial charge < -0.3 is 33.8 Å². The van der Waals surface area contributed by atoms with Gasteiger partial charge in [-0.3, -0.25) is 9.00 Å². The fourth-order valence-corrected chi connectivity index (χ4v) is 7.46. The average Bonchev–Trinajstić information content (AvgIpc) is 4.21. The van der Waals surface area contributed by atoms with Gasteiger partial charge in [-0.2, -0.15) is 0 Å². The van der Waals surface area contributed by atoms with Gasteiger partial charge in [0.1, 0.15) is 0 Å². The molecule has 6 saturated heterocycles. The SMILES string of the molecule is C1CCCC1.C1CCOC1.C=S(C)(=O)N1CCCC1.CC(=O)N1CCCC1.CCC.CCC.CCC.CCC.CCC.CCC.CCC.CN1CCCC1.COC(=O)N1CCCC1.COC(=O)N1CCCC1. The zero-order valence-corrected chi connectivity index (χ0v) is 53.0. The Balaban J connectivity index is -0.000000130. The predicted molar refractivity (Wildman–Crippen MR) is 322 cm³/mol. The lowest BCUT2D eigenvalue weighted by atomic mass is 10.4. The monoisotopic (exact) mass is 1050 g/mol. The van der Waals surface area contributed by atoms with E-state index in [4.69, 9.17) is 4.74 Å². The van der Waals surface area contributed by atoms with E-state index >= 15 is 0 Å². The molecular weight excluding hydrogens is 923 g/mol. The Kier molecular flexibility index (Phi) is 82.7. The minimum absolute atomic E-state index is 0.187. The van der Waals surface area contributed by atoms with Crippen LogP contribution >= 0.6 is 0 Å². The highest BCUT2D eigenvalue weighted by molar-refractivity contribution is 7.97. The van der Waals surface area contributed by atoms with Crippen LogP contribution in [0.2, 0.25) is 0 Å². The molecule has 0 bridgehead atoms. The molecule has 3 amide bonds. The molecule has 1 saturated carbocycles. The van der Waals surface area contributed by atoms with Gasteiger partial charge in [0, 0.05) is 88.5 Å². The number of likely N-dealkylation sites (tertiary alicyclic amines) is 4. The molecule has 1 unspecified atom stereocenters. The fraction of sp³-hybridized carbons (Fsp3) is 0.932. The van der Waals surface area contributed by atoms with Crippen LogP contribution in [0, 0.1) is 0 Å². The van der Waals surface area contributed by atoms with Crippen molar-refractivity contribution in [3.05, 3.63) is 0 Å².